The summed E-state index contributed by atoms with van der Waals surface area (Å²) in [6.45, 7) is 0.708. The number of hydrogen-bond acceptors (Lipinski definition) is 6. The average molecular weight is 464 g/mol. The second kappa shape index (κ2) is 8.29. The Bertz CT molecular complexity index is 1190. The summed E-state index contributed by atoms with van der Waals surface area (Å²) in [4.78, 5) is 24.6. The van der Waals surface area contributed by atoms with Crippen LogP contribution in [0.5, 0.6) is 5.75 Å². The zero-order chi connectivity index (χ0) is 22.2. The van der Waals surface area contributed by atoms with Crippen molar-refractivity contribution >= 4 is 39.3 Å². The average Bonchev–Trinajstić information content (AvgIpc) is 2.78. The molecule has 2 aliphatic rings. The van der Waals surface area contributed by atoms with Crippen LogP contribution in [0.4, 0.5) is 5.69 Å². The Morgan fingerprint density at radius 1 is 1.10 bits per heavy atom. The molecule has 1 fully saturated rings. The molecule has 2 aromatic carbocycles. The van der Waals surface area contributed by atoms with Crippen LogP contribution in [0.2, 0.25) is 5.02 Å². The Morgan fingerprint density at radius 3 is 2.55 bits per heavy atom. The van der Waals surface area contributed by atoms with Gasteiger partial charge in [-0.15, -0.1) is 0 Å². The normalized spacial score (nSPS) is 16.8. The van der Waals surface area contributed by atoms with Gasteiger partial charge in [-0.05, 0) is 30.3 Å². The Hall–Kier alpha value is -2.95. The molecule has 31 heavy (non-hydrogen) atoms. The molecule has 0 aromatic heterocycles. The van der Waals surface area contributed by atoms with E-state index in [0.29, 0.717) is 21.9 Å². The van der Waals surface area contributed by atoms with E-state index in [-0.39, 0.29) is 49.3 Å². The second-order valence-electron chi connectivity index (χ2n) is 7.09. The lowest BCUT2D eigenvalue weighted by atomic mass is 10.1. The van der Waals surface area contributed by atoms with E-state index >= 15 is 0 Å². The van der Waals surface area contributed by atoms with Crippen molar-refractivity contribution < 1.29 is 22.9 Å². The van der Waals surface area contributed by atoms with E-state index in [9.17, 15) is 23.3 Å². The number of nitro groups is 1. The first-order valence-electron chi connectivity index (χ1n) is 9.42. The molecule has 0 bridgehead atoms. The lowest BCUT2D eigenvalue weighted by molar-refractivity contribution is -0.385. The number of carbonyl (C=O) groups is 1. The summed E-state index contributed by atoms with van der Waals surface area (Å²) in [5.41, 5.74) is 0.887. The predicted octanol–water partition coefficient (Wildman–Crippen LogP) is 2.56. The monoisotopic (exact) mass is 463 g/mol. The summed E-state index contributed by atoms with van der Waals surface area (Å²) in [5, 5.41) is 11.5. The number of fused-ring (bicyclic) bond motifs is 1. The van der Waals surface area contributed by atoms with Gasteiger partial charge in [0.2, 0.25) is 10.0 Å². The van der Waals surface area contributed by atoms with Crippen LogP contribution in [-0.2, 0) is 14.8 Å². The molecule has 2 aromatic rings. The van der Waals surface area contributed by atoms with Gasteiger partial charge in [-0.3, -0.25) is 14.9 Å². The maximum atomic E-state index is 12.9. The number of sulfonamides is 1. The summed E-state index contributed by atoms with van der Waals surface area (Å²) in [6, 6.07) is 10.1. The van der Waals surface area contributed by atoms with Crippen molar-refractivity contribution in [1.82, 2.24) is 9.21 Å². The van der Waals surface area contributed by atoms with Crippen molar-refractivity contribution in [3.63, 3.8) is 0 Å². The zero-order valence-corrected chi connectivity index (χ0v) is 17.8. The third kappa shape index (κ3) is 4.27. The van der Waals surface area contributed by atoms with Crippen molar-refractivity contribution in [2.45, 2.75) is 4.90 Å². The molecule has 1 amide bonds. The number of non-ortho nitro benzene ring substituents is 1. The molecule has 11 heteroatoms. The molecule has 0 spiro atoms. The smallest absolute Gasteiger partial charge is 0.270 e. The molecule has 0 radical (unpaired) electrons. The van der Waals surface area contributed by atoms with Gasteiger partial charge < -0.3 is 9.64 Å². The number of piperazine rings is 1. The van der Waals surface area contributed by atoms with E-state index in [1.54, 1.807) is 29.2 Å². The number of halogens is 1. The minimum absolute atomic E-state index is 0.0906. The van der Waals surface area contributed by atoms with Gasteiger partial charge in [0.25, 0.3) is 11.6 Å². The third-order valence-electron chi connectivity index (χ3n) is 5.15. The fourth-order valence-corrected chi connectivity index (χ4v) is 5.16. The van der Waals surface area contributed by atoms with Gasteiger partial charge in [0.05, 0.1) is 15.4 Å². The van der Waals surface area contributed by atoms with Gasteiger partial charge in [0.1, 0.15) is 12.4 Å². The molecule has 9 nitrogen and oxygen atoms in total. The highest BCUT2D eigenvalue weighted by Crippen LogP contribution is 2.30. The molecular weight excluding hydrogens is 446 g/mol. The number of amides is 1. The lowest BCUT2D eigenvalue weighted by Crippen LogP contribution is -2.51. The van der Waals surface area contributed by atoms with Crippen LogP contribution in [0, 0.1) is 10.1 Å². The minimum atomic E-state index is -3.90. The number of rotatable bonds is 4. The fourth-order valence-electron chi connectivity index (χ4n) is 3.51. The fraction of sp³-hybridized carbons (Fsp3) is 0.250. The standard InChI is InChI=1S/C20H18ClN3O6S/c21-16-4-5-19-14(11-16)10-15(13-30-19)20(25)22-6-8-23(9-7-22)31(28,29)18-3-1-2-17(12-18)24(26)27/h1-5,10-12H,6-9,13H2. The molecule has 1 saturated heterocycles. The Labute approximate surface area is 183 Å². The molecule has 2 heterocycles. The third-order valence-corrected chi connectivity index (χ3v) is 7.28. The van der Waals surface area contributed by atoms with Crippen LogP contribution in [0.15, 0.2) is 52.9 Å². The van der Waals surface area contributed by atoms with Crippen molar-refractivity contribution in [3.05, 3.63) is 68.7 Å². The maximum absolute atomic E-state index is 12.9. The van der Waals surface area contributed by atoms with Crippen LogP contribution in [-0.4, -0.2) is 61.2 Å². The second-order valence-corrected chi connectivity index (χ2v) is 9.47. The molecule has 0 atom stereocenters. The van der Waals surface area contributed by atoms with E-state index in [1.807, 2.05) is 0 Å². The van der Waals surface area contributed by atoms with Gasteiger partial charge in [-0.1, -0.05) is 17.7 Å². The van der Waals surface area contributed by atoms with E-state index < -0.39 is 14.9 Å². The first-order valence-corrected chi connectivity index (χ1v) is 11.2. The molecule has 0 N–H and O–H groups in total. The van der Waals surface area contributed by atoms with Gasteiger partial charge in [0.15, 0.2) is 0 Å². The number of carbonyl (C=O) groups excluding carboxylic acids is 1. The topological polar surface area (TPSA) is 110 Å². The van der Waals surface area contributed by atoms with E-state index in [1.165, 1.54) is 22.5 Å². The highest BCUT2D eigenvalue weighted by Gasteiger charge is 2.32. The van der Waals surface area contributed by atoms with Crippen LogP contribution in [0.1, 0.15) is 5.56 Å². The molecule has 0 aliphatic carbocycles. The molecular formula is C20H18ClN3O6S. The lowest BCUT2D eigenvalue weighted by Gasteiger charge is -2.34. The van der Waals surface area contributed by atoms with E-state index in [0.717, 1.165) is 6.07 Å². The van der Waals surface area contributed by atoms with Crippen molar-refractivity contribution in [2.75, 3.05) is 32.8 Å². The van der Waals surface area contributed by atoms with Gasteiger partial charge >= 0.3 is 0 Å². The highest BCUT2D eigenvalue weighted by atomic mass is 35.5. The molecule has 2 aliphatic heterocycles. The first kappa shape index (κ1) is 21.3. The Balaban J connectivity index is 1.46. The summed E-state index contributed by atoms with van der Waals surface area (Å²) >= 11 is 6.01. The van der Waals surface area contributed by atoms with Gasteiger partial charge in [0, 0.05) is 48.9 Å². The van der Waals surface area contributed by atoms with Crippen LogP contribution in [0.3, 0.4) is 0 Å². The summed E-state index contributed by atoms with van der Waals surface area (Å²) in [5.74, 6) is 0.423. The quantitative estimate of drug-likeness (QED) is 0.509. The van der Waals surface area contributed by atoms with Crippen molar-refractivity contribution in [3.8, 4) is 5.75 Å². The number of nitrogens with zero attached hydrogens (tertiary/aromatic N) is 3. The number of nitro benzene ring substituents is 1. The van der Waals surface area contributed by atoms with Gasteiger partial charge in [-0.2, -0.15) is 4.31 Å². The number of benzene rings is 2. The Morgan fingerprint density at radius 2 is 1.84 bits per heavy atom. The summed E-state index contributed by atoms with van der Waals surface area (Å²) in [6.07, 6.45) is 1.74. The SMILES string of the molecule is O=C(C1=Cc2cc(Cl)ccc2OC1)N1CCN(S(=O)(=O)c2cccc([N+](=O)[O-])c2)CC1. The molecule has 0 saturated carbocycles. The predicted molar refractivity (Wildman–Crippen MR) is 113 cm³/mol. The maximum Gasteiger partial charge on any atom is 0.270 e. The summed E-state index contributed by atoms with van der Waals surface area (Å²) < 4.78 is 32.6. The van der Waals surface area contributed by atoms with Crippen LogP contribution >= 0.6 is 11.6 Å². The van der Waals surface area contributed by atoms with Crippen molar-refractivity contribution in [1.29, 1.82) is 0 Å². The molecule has 4 rings (SSSR count). The largest absolute Gasteiger partial charge is 0.488 e. The number of ether oxygens (including phenoxy) is 1. The van der Waals surface area contributed by atoms with Gasteiger partial charge in [-0.25, -0.2) is 8.42 Å². The van der Waals surface area contributed by atoms with E-state index in [2.05, 4.69) is 0 Å². The Kier molecular flexibility index (Phi) is 5.69. The van der Waals surface area contributed by atoms with Crippen molar-refractivity contribution in [2.24, 2.45) is 0 Å². The van der Waals surface area contributed by atoms with E-state index in [4.69, 9.17) is 16.3 Å². The zero-order valence-electron chi connectivity index (χ0n) is 16.2. The molecule has 0 unspecified atom stereocenters. The minimum Gasteiger partial charge on any atom is -0.488 e. The van der Waals surface area contributed by atoms with Crippen LogP contribution < -0.4 is 4.74 Å². The van der Waals surface area contributed by atoms with Crippen LogP contribution in [0.25, 0.3) is 6.08 Å². The number of hydrogen-bond donors (Lipinski definition) is 0. The molecule has 162 valence electrons. The first-order chi connectivity index (χ1) is 14.8. The summed E-state index contributed by atoms with van der Waals surface area (Å²) in [7, 11) is -3.90. The highest BCUT2D eigenvalue weighted by molar-refractivity contribution is 7.89.